The molecule has 2 aromatic carbocycles. The van der Waals surface area contributed by atoms with Crippen molar-refractivity contribution < 1.29 is 9.13 Å². The van der Waals surface area contributed by atoms with Crippen molar-refractivity contribution in [2.75, 3.05) is 0 Å². The van der Waals surface area contributed by atoms with Crippen LogP contribution in [-0.2, 0) is 14.1 Å². The van der Waals surface area contributed by atoms with E-state index < -0.39 is 0 Å². The summed E-state index contributed by atoms with van der Waals surface area (Å²) in [4.78, 5) is 5.03. The van der Waals surface area contributed by atoms with Crippen molar-refractivity contribution in [3.63, 3.8) is 0 Å². The molecule has 0 bridgehead atoms. The topological polar surface area (TPSA) is 30.0 Å². The summed E-state index contributed by atoms with van der Waals surface area (Å²) < 4.78 is 8.86. The molecule has 0 saturated carbocycles. The van der Waals surface area contributed by atoms with Crippen LogP contribution in [0.1, 0.15) is 0 Å². The molecule has 5 nitrogen and oxygen atoms in total. The van der Waals surface area contributed by atoms with Crippen LogP contribution in [0, 0.1) is 0 Å². The summed E-state index contributed by atoms with van der Waals surface area (Å²) in [6.07, 6.45) is 4.17. The highest BCUT2D eigenvalue weighted by Gasteiger charge is 2.28. The van der Waals surface area contributed by atoms with Gasteiger partial charge in [0.05, 0.1) is 29.8 Å². The average Bonchev–Trinajstić information content (AvgIpc) is 3.30. The van der Waals surface area contributed by atoms with E-state index in [9.17, 15) is 0 Å². The van der Waals surface area contributed by atoms with E-state index in [1.54, 1.807) is 0 Å². The first-order valence-corrected chi connectivity index (χ1v) is 10.0. The molecule has 6 rings (SSSR count). The molecule has 0 amide bonds. The van der Waals surface area contributed by atoms with Crippen molar-refractivity contribution >= 4 is 28.0 Å². The molecule has 30 heavy (non-hydrogen) atoms. The number of aryl methyl sites for hydroxylation is 2. The minimum Gasteiger partial charge on any atom is -0.250 e. The molecule has 4 aromatic heterocycles. The van der Waals surface area contributed by atoms with Gasteiger partial charge in [-0.05, 0) is 42.5 Å². The Kier molecular flexibility index (Phi) is 3.53. The highest BCUT2D eigenvalue weighted by molar-refractivity contribution is 5.90. The summed E-state index contributed by atoms with van der Waals surface area (Å²) >= 11 is 0. The minimum atomic E-state index is 0.916. The van der Waals surface area contributed by atoms with E-state index >= 15 is 0 Å². The third kappa shape index (κ3) is 2.26. The van der Waals surface area contributed by atoms with E-state index in [0.717, 1.165) is 44.9 Å². The van der Waals surface area contributed by atoms with E-state index in [1.165, 1.54) is 0 Å². The Morgan fingerprint density at radius 3 is 2.33 bits per heavy atom. The quantitative estimate of drug-likeness (QED) is 0.414. The van der Waals surface area contributed by atoms with Gasteiger partial charge in [-0.25, -0.2) is 9.13 Å². The van der Waals surface area contributed by atoms with Gasteiger partial charge >= 0.3 is 11.4 Å². The Balaban J connectivity index is 1.82. The Bertz CT molecular complexity index is 1570. The molecule has 0 aliphatic rings. The zero-order valence-electron chi connectivity index (χ0n) is 16.9. The molecule has 0 aliphatic heterocycles. The van der Waals surface area contributed by atoms with E-state index in [-0.39, 0.29) is 0 Å². The van der Waals surface area contributed by atoms with Gasteiger partial charge in [0.15, 0.2) is 6.20 Å². The van der Waals surface area contributed by atoms with Gasteiger partial charge in [-0.3, -0.25) is 4.40 Å². The number of aromatic nitrogens is 5. The lowest BCUT2D eigenvalue weighted by atomic mass is 10.1. The first kappa shape index (κ1) is 16.9. The zero-order valence-corrected chi connectivity index (χ0v) is 16.9. The van der Waals surface area contributed by atoms with Crippen LogP contribution in [0.15, 0.2) is 91.3 Å². The second-order valence-electron chi connectivity index (χ2n) is 7.61. The molecule has 4 heterocycles. The van der Waals surface area contributed by atoms with Crippen molar-refractivity contribution in [3.05, 3.63) is 91.3 Å². The second kappa shape index (κ2) is 6.26. The molecular weight excluding hydrogens is 370 g/mol. The van der Waals surface area contributed by atoms with E-state index in [0.29, 0.717) is 0 Å². The van der Waals surface area contributed by atoms with Crippen LogP contribution in [0.2, 0.25) is 0 Å². The number of nitrogens with zero attached hydrogens (tertiary/aromatic N) is 5. The summed E-state index contributed by atoms with van der Waals surface area (Å²) in [5, 5.41) is 0. The maximum atomic E-state index is 5.03. The number of pyridine rings is 2. The van der Waals surface area contributed by atoms with Gasteiger partial charge < -0.3 is 0 Å². The van der Waals surface area contributed by atoms with Gasteiger partial charge in [-0.15, -0.1) is 0 Å². The number of fused-ring (bicyclic) bond motifs is 5. The number of hydrogen-bond donors (Lipinski definition) is 0. The molecule has 5 heteroatoms. The zero-order chi connectivity index (χ0) is 20.2. The molecule has 0 radical (unpaired) electrons. The predicted octanol–water partition coefficient (Wildman–Crippen LogP) is 3.75. The van der Waals surface area contributed by atoms with Crippen LogP contribution >= 0.6 is 0 Å². The van der Waals surface area contributed by atoms with Crippen LogP contribution in [-0.4, -0.2) is 14.0 Å². The van der Waals surface area contributed by atoms with Gasteiger partial charge in [0.2, 0.25) is 5.69 Å². The van der Waals surface area contributed by atoms with Gasteiger partial charge in [0, 0.05) is 12.1 Å². The minimum absolute atomic E-state index is 0.916. The van der Waals surface area contributed by atoms with Gasteiger partial charge in [0.25, 0.3) is 0 Å². The molecule has 0 spiro atoms. The largest absolute Gasteiger partial charge is 0.314 e. The average molecular weight is 391 g/mol. The number of hydrogen-bond acceptors (Lipinski definition) is 1. The fourth-order valence-corrected chi connectivity index (χ4v) is 4.44. The summed E-state index contributed by atoms with van der Waals surface area (Å²) in [6, 6.07) is 27.4. The van der Waals surface area contributed by atoms with Crippen molar-refractivity contribution in [2.45, 2.75) is 0 Å². The molecule has 144 valence electrons. The molecule has 6 aromatic rings. The van der Waals surface area contributed by atoms with E-state index in [2.05, 4.69) is 117 Å². The molecule has 0 N–H and O–H groups in total. The lowest BCUT2D eigenvalue weighted by Gasteiger charge is -2.06. The molecular formula is C25H21N5+2. The van der Waals surface area contributed by atoms with Crippen LogP contribution in [0.3, 0.4) is 0 Å². The Morgan fingerprint density at radius 1 is 0.700 bits per heavy atom. The number of para-hydroxylation sites is 3. The SMILES string of the molecule is C[n+]1ccccc1-c1ccccc1-n1c2nc3ccccc3n2c2ccc[n+](C)c21. The van der Waals surface area contributed by atoms with Crippen LogP contribution in [0.25, 0.3) is 44.9 Å². The highest BCUT2D eigenvalue weighted by atomic mass is 15.3. The van der Waals surface area contributed by atoms with Crippen molar-refractivity contribution in [3.8, 4) is 16.9 Å². The highest BCUT2D eigenvalue weighted by Crippen LogP contribution is 2.31. The maximum Gasteiger partial charge on any atom is 0.314 e. The van der Waals surface area contributed by atoms with E-state index in [1.807, 2.05) is 6.07 Å². The normalized spacial score (nSPS) is 11.7. The standard InChI is InChI=1S/C25H21N5/c1-27-16-8-7-12-20(27)18-10-3-5-13-21(18)30-24-23(15-9-17-28(24)2)29-22-14-6-4-11-19(22)26-25(29)30/h3-17H,1-2H3/q+2. The summed E-state index contributed by atoms with van der Waals surface area (Å²) in [7, 11) is 4.17. The second-order valence-corrected chi connectivity index (χ2v) is 7.61. The summed E-state index contributed by atoms with van der Waals surface area (Å²) in [5.41, 5.74) is 7.78. The lowest BCUT2D eigenvalue weighted by molar-refractivity contribution is -0.660. The lowest BCUT2D eigenvalue weighted by Crippen LogP contribution is -2.31. The summed E-state index contributed by atoms with van der Waals surface area (Å²) in [6.45, 7) is 0. The number of benzene rings is 2. The Labute approximate surface area is 173 Å². The van der Waals surface area contributed by atoms with Crippen LogP contribution < -0.4 is 9.13 Å². The number of imidazole rings is 2. The molecule has 0 atom stereocenters. The molecule has 0 unspecified atom stereocenters. The van der Waals surface area contributed by atoms with Gasteiger partial charge in [-0.2, -0.15) is 9.55 Å². The Hall–Kier alpha value is -3.99. The molecule has 0 saturated heterocycles. The predicted molar refractivity (Wildman–Crippen MR) is 117 cm³/mol. The Morgan fingerprint density at radius 2 is 1.43 bits per heavy atom. The first-order valence-electron chi connectivity index (χ1n) is 10.0. The third-order valence-corrected chi connectivity index (χ3v) is 5.80. The first-order chi connectivity index (χ1) is 14.7. The van der Waals surface area contributed by atoms with E-state index in [4.69, 9.17) is 4.98 Å². The van der Waals surface area contributed by atoms with Crippen molar-refractivity contribution in [1.82, 2.24) is 14.0 Å². The monoisotopic (exact) mass is 391 g/mol. The fraction of sp³-hybridized carbons (Fsp3) is 0.0800. The molecule has 0 fully saturated rings. The maximum absolute atomic E-state index is 5.03. The van der Waals surface area contributed by atoms with Gasteiger partial charge in [0.1, 0.15) is 18.3 Å². The van der Waals surface area contributed by atoms with Crippen LogP contribution in [0.5, 0.6) is 0 Å². The third-order valence-electron chi connectivity index (χ3n) is 5.80. The smallest absolute Gasteiger partial charge is 0.250 e. The number of rotatable bonds is 2. The van der Waals surface area contributed by atoms with Crippen molar-refractivity contribution in [2.24, 2.45) is 14.1 Å². The summed E-state index contributed by atoms with van der Waals surface area (Å²) in [5.74, 6) is 0.916. The van der Waals surface area contributed by atoms with Crippen LogP contribution in [0.4, 0.5) is 0 Å². The van der Waals surface area contributed by atoms with Gasteiger partial charge in [-0.1, -0.05) is 24.3 Å². The molecule has 0 aliphatic carbocycles. The fourth-order valence-electron chi connectivity index (χ4n) is 4.44. The van der Waals surface area contributed by atoms with Crippen molar-refractivity contribution in [1.29, 1.82) is 0 Å².